The second kappa shape index (κ2) is 7.73. The molecule has 5 nitrogen and oxygen atoms in total. The molecule has 24 heavy (non-hydrogen) atoms. The van der Waals surface area contributed by atoms with E-state index in [2.05, 4.69) is 0 Å². The molecule has 2 rings (SSSR count). The number of ether oxygens (including phenoxy) is 3. The number of carbonyl (C=O) groups excluding carboxylic acids is 1. The van der Waals surface area contributed by atoms with Crippen LogP contribution in [0.25, 0.3) is 6.08 Å². The summed E-state index contributed by atoms with van der Waals surface area (Å²) < 4.78 is 15.9. The highest BCUT2D eigenvalue weighted by molar-refractivity contribution is 6.01. The number of hydrogen-bond donors (Lipinski definition) is 1. The van der Waals surface area contributed by atoms with Gasteiger partial charge < -0.3 is 19.3 Å². The molecular formula is C19H22O5. The normalized spacial score (nSPS) is 19.5. The van der Waals surface area contributed by atoms with E-state index >= 15 is 0 Å². The topological polar surface area (TPSA) is 65.0 Å². The van der Waals surface area contributed by atoms with Gasteiger partial charge >= 0.3 is 0 Å². The largest absolute Gasteiger partial charge is 0.507 e. The van der Waals surface area contributed by atoms with Gasteiger partial charge in [-0.05, 0) is 24.6 Å². The van der Waals surface area contributed by atoms with Crippen molar-refractivity contribution in [2.24, 2.45) is 5.92 Å². The Morgan fingerprint density at radius 2 is 1.75 bits per heavy atom. The SMILES string of the molecule is COc1cc(OC)c(OC)cc1/C=C/C(O)=C1C=CCC(C)C1=O. The predicted octanol–water partition coefficient (Wildman–Crippen LogP) is 3.70. The average molecular weight is 330 g/mol. The summed E-state index contributed by atoms with van der Waals surface area (Å²) in [6.07, 6.45) is 7.40. The highest BCUT2D eigenvalue weighted by Gasteiger charge is 2.21. The van der Waals surface area contributed by atoms with E-state index in [-0.39, 0.29) is 17.5 Å². The molecule has 0 aliphatic heterocycles. The number of allylic oxidation sites excluding steroid dienone is 4. The van der Waals surface area contributed by atoms with E-state index in [0.717, 1.165) is 0 Å². The summed E-state index contributed by atoms with van der Waals surface area (Å²) in [5.74, 6) is 1.43. The van der Waals surface area contributed by atoms with E-state index < -0.39 is 0 Å². The van der Waals surface area contributed by atoms with Gasteiger partial charge in [-0.1, -0.05) is 19.1 Å². The summed E-state index contributed by atoms with van der Waals surface area (Å²) in [4.78, 5) is 12.1. The van der Waals surface area contributed by atoms with Crippen molar-refractivity contribution >= 4 is 11.9 Å². The van der Waals surface area contributed by atoms with Crippen LogP contribution in [0.15, 0.2) is 41.7 Å². The maximum absolute atomic E-state index is 12.1. The summed E-state index contributed by atoms with van der Waals surface area (Å²) in [7, 11) is 4.64. The number of carbonyl (C=O) groups is 1. The molecule has 1 aromatic rings. The first-order valence-corrected chi connectivity index (χ1v) is 7.63. The van der Waals surface area contributed by atoms with Crippen LogP contribution in [0.3, 0.4) is 0 Å². The van der Waals surface area contributed by atoms with Crippen LogP contribution in [-0.4, -0.2) is 32.2 Å². The Bertz CT molecular complexity index is 713. The predicted molar refractivity (Wildman–Crippen MR) is 92.7 cm³/mol. The minimum absolute atomic E-state index is 0.0565. The van der Waals surface area contributed by atoms with Crippen LogP contribution >= 0.6 is 0 Å². The first kappa shape index (κ1) is 17.7. The van der Waals surface area contributed by atoms with E-state index in [1.165, 1.54) is 6.08 Å². The molecule has 0 saturated carbocycles. The Kier molecular flexibility index (Phi) is 5.68. The van der Waals surface area contributed by atoms with Crippen molar-refractivity contribution in [3.63, 3.8) is 0 Å². The van der Waals surface area contributed by atoms with Gasteiger partial charge in [0.2, 0.25) is 0 Å². The number of Topliss-reactive ketones (excluding diaryl/α,β-unsaturated/α-hetero) is 1. The molecule has 0 saturated heterocycles. The van der Waals surface area contributed by atoms with Crippen LogP contribution in [0.5, 0.6) is 17.2 Å². The van der Waals surface area contributed by atoms with E-state index in [0.29, 0.717) is 34.8 Å². The molecule has 0 amide bonds. The number of ketones is 1. The Morgan fingerprint density at radius 1 is 1.12 bits per heavy atom. The van der Waals surface area contributed by atoms with Crippen LogP contribution in [-0.2, 0) is 4.79 Å². The number of aliphatic hydroxyl groups is 1. The molecule has 0 heterocycles. The smallest absolute Gasteiger partial charge is 0.169 e. The molecule has 0 fully saturated rings. The molecule has 1 aliphatic carbocycles. The van der Waals surface area contributed by atoms with Crippen LogP contribution in [0.4, 0.5) is 0 Å². The van der Waals surface area contributed by atoms with E-state index in [9.17, 15) is 9.90 Å². The van der Waals surface area contributed by atoms with Gasteiger partial charge in [-0.15, -0.1) is 0 Å². The molecule has 5 heteroatoms. The lowest BCUT2D eigenvalue weighted by atomic mass is 9.90. The Morgan fingerprint density at radius 3 is 2.38 bits per heavy atom. The standard InChI is InChI=1S/C19H22O5/c1-12-6-5-7-14(19(12)21)15(20)9-8-13-10-17(23-3)18(24-4)11-16(13)22-2/h5,7-12,20H,6H2,1-4H3/b9-8+,15-14?. The van der Waals surface area contributed by atoms with Gasteiger partial charge in [0.25, 0.3) is 0 Å². The summed E-state index contributed by atoms with van der Waals surface area (Å²) in [6, 6.07) is 3.45. The molecule has 0 aromatic heterocycles. The monoisotopic (exact) mass is 330 g/mol. The highest BCUT2D eigenvalue weighted by atomic mass is 16.5. The number of hydrogen-bond acceptors (Lipinski definition) is 5. The van der Waals surface area contributed by atoms with Crippen molar-refractivity contribution in [2.75, 3.05) is 21.3 Å². The second-order valence-corrected chi connectivity index (χ2v) is 5.48. The molecule has 1 N–H and O–H groups in total. The van der Waals surface area contributed by atoms with Crippen molar-refractivity contribution < 1.29 is 24.1 Å². The number of aliphatic hydroxyl groups excluding tert-OH is 1. The van der Waals surface area contributed by atoms with Gasteiger partial charge in [0.05, 0.1) is 26.9 Å². The molecule has 1 aromatic carbocycles. The third-order valence-corrected chi connectivity index (χ3v) is 3.92. The lowest BCUT2D eigenvalue weighted by molar-refractivity contribution is -0.118. The zero-order chi connectivity index (χ0) is 17.7. The van der Waals surface area contributed by atoms with Crippen molar-refractivity contribution in [2.45, 2.75) is 13.3 Å². The minimum atomic E-state index is -0.115. The zero-order valence-corrected chi connectivity index (χ0v) is 14.3. The van der Waals surface area contributed by atoms with Crippen LogP contribution in [0.1, 0.15) is 18.9 Å². The van der Waals surface area contributed by atoms with Crippen LogP contribution in [0, 0.1) is 5.92 Å². The lowest BCUT2D eigenvalue weighted by Crippen LogP contribution is -2.16. The Hall–Kier alpha value is -2.69. The minimum Gasteiger partial charge on any atom is -0.507 e. The number of rotatable bonds is 5. The van der Waals surface area contributed by atoms with Crippen LogP contribution < -0.4 is 14.2 Å². The maximum Gasteiger partial charge on any atom is 0.169 e. The highest BCUT2D eigenvalue weighted by Crippen LogP contribution is 2.35. The van der Waals surface area contributed by atoms with E-state index in [1.807, 2.05) is 13.0 Å². The van der Waals surface area contributed by atoms with Crippen molar-refractivity contribution in [3.8, 4) is 17.2 Å². The maximum atomic E-state index is 12.1. The Labute approximate surface area is 141 Å². The molecule has 0 bridgehead atoms. The summed E-state index contributed by atoms with van der Waals surface area (Å²) >= 11 is 0. The first-order chi connectivity index (χ1) is 11.5. The molecule has 1 atom stereocenters. The van der Waals surface area contributed by atoms with Gasteiger partial charge in [-0.2, -0.15) is 0 Å². The van der Waals surface area contributed by atoms with Gasteiger partial charge in [-0.25, -0.2) is 0 Å². The van der Waals surface area contributed by atoms with Crippen molar-refractivity contribution in [1.29, 1.82) is 0 Å². The number of benzene rings is 1. The Balaban J connectivity index is 2.39. The summed E-state index contributed by atoms with van der Waals surface area (Å²) in [5.41, 5.74) is 1.02. The quantitative estimate of drug-likeness (QED) is 0.659. The third kappa shape index (κ3) is 3.62. The van der Waals surface area contributed by atoms with Crippen molar-refractivity contribution in [1.82, 2.24) is 0 Å². The fourth-order valence-corrected chi connectivity index (χ4v) is 2.50. The fourth-order valence-electron chi connectivity index (χ4n) is 2.50. The third-order valence-electron chi connectivity index (χ3n) is 3.92. The van der Waals surface area contributed by atoms with E-state index in [4.69, 9.17) is 14.2 Å². The van der Waals surface area contributed by atoms with Gasteiger partial charge in [0, 0.05) is 17.5 Å². The van der Waals surface area contributed by atoms with Gasteiger partial charge in [0.1, 0.15) is 11.5 Å². The summed E-state index contributed by atoms with van der Waals surface area (Å²) in [6.45, 7) is 1.85. The first-order valence-electron chi connectivity index (χ1n) is 7.63. The zero-order valence-electron chi connectivity index (χ0n) is 14.3. The van der Waals surface area contributed by atoms with Gasteiger partial charge in [0.15, 0.2) is 17.3 Å². The van der Waals surface area contributed by atoms with Gasteiger partial charge in [-0.3, -0.25) is 4.79 Å². The molecule has 1 unspecified atom stereocenters. The molecular weight excluding hydrogens is 308 g/mol. The lowest BCUT2D eigenvalue weighted by Gasteiger charge is -2.14. The fraction of sp³-hybridized carbons (Fsp3) is 0.316. The molecule has 128 valence electrons. The summed E-state index contributed by atoms with van der Waals surface area (Å²) in [5, 5.41) is 10.2. The average Bonchev–Trinajstić information content (AvgIpc) is 2.61. The van der Waals surface area contributed by atoms with Crippen molar-refractivity contribution in [3.05, 3.63) is 47.3 Å². The van der Waals surface area contributed by atoms with E-state index in [1.54, 1.807) is 45.6 Å². The second-order valence-electron chi connectivity index (χ2n) is 5.48. The van der Waals surface area contributed by atoms with Crippen LogP contribution in [0.2, 0.25) is 0 Å². The molecule has 0 spiro atoms. The molecule has 1 aliphatic rings. The molecule has 0 radical (unpaired) electrons. The number of methoxy groups -OCH3 is 3.